The zero-order valence-corrected chi connectivity index (χ0v) is 11.4. The molecule has 6 nitrogen and oxygen atoms in total. The van der Waals surface area contributed by atoms with Gasteiger partial charge in [-0.25, -0.2) is 0 Å². The molecule has 0 aromatic heterocycles. The van der Waals surface area contributed by atoms with Gasteiger partial charge in [-0.3, -0.25) is 14.9 Å². The standard InChI is InChI=1S/C13H19N3O3/c1-4-13(3,8-14)12(17)15-10-5-6-11(16(18)19)9(2)7-10/h5-7H,4,8,14H2,1-3H3,(H,15,17). The van der Waals surface area contributed by atoms with Gasteiger partial charge in [0.05, 0.1) is 10.3 Å². The molecule has 1 rings (SSSR count). The van der Waals surface area contributed by atoms with Crippen LogP contribution in [-0.2, 0) is 4.79 Å². The van der Waals surface area contributed by atoms with E-state index in [0.29, 0.717) is 17.7 Å². The van der Waals surface area contributed by atoms with Crippen LogP contribution in [-0.4, -0.2) is 17.4 Å². The van der Waals surface area contributed by atoms with Crippen LogP contribution in [0.4, 0.5) is 11.4 Å². The number of benzene rings is 1. The van der Waals surface area contributed by atoms with Gasteiger partial charge in [0.15, 0.2) is 0 Å². The highest BCUT2D eigenvalue weighted by atomic mass is 16.6. The molecule has 0 aliphatic carbocycles. The SMILES string of the molecule is CCC(C)(CN)C(=O)Nc1ccc([N+](=O)[O-])c(C)c1. The Morgan fingerprint density at radius 1 is 1.53 bits per heavy atom. The van der Waals surface area contributed by atoms with Crippen molar-refractivity contribution in [1.29, 1.82) is 0 Å². The smallest absolute Gasteiger partial charge is 0.272 e. The van der Waals surface area contributed by atoms with Crippen LogP contribution in [0.25, 0.3) is 0 Å². The van der Waals surface area contributed by atoms with Gasteiger partial charge < -0.3 is 11.1 Å². The molecule has 1 amide bonds. The maximum absolute atomic E-state index is 12.1. The van der Waals surface area contributed by atoms with Gasteiger partial charge in [0.25, 0.3) is 5.69 Å². The number of nitrogens with one attached hydrogen (secondary N) is 1. The fraction of sp³-hybridized carbons (Fsp3) is 0.462. The average Bonchev–Trinajstić information content (AvgIpc) is 2.37. The first-order valence-corrected chi connectivity index (χ1v) is 6.10. The number of anilines is 1. The Labute approximate surface area is 112 Å². The highest BCUT2D eigenvalue weighted by Gasteiger charge is 2.29. The van der Waals surface area contributed by atoms with Crippen LogP contribution in [0, 0.1) is 22.5 Å². The van der Waals surface area contributed by atoms with Crippen molar-refractivity contribution in [3.8, 4) is 0 Å². The summed E-state index contributed by atoms with van der Waals surface area (Å²) in [6, 6.07) is 4.49. The Balaban J connectivity index is 2.92. The number of carbonyl (C=O) groups is 1. The van der Waals surface area contributed by atoms with Gasteiger partial charge in [0, 0.05) is 23.9 Å². The first-order chi connectivity index (χ1) is 8.84. The van der Waals surface area contributed by atoms with Crippen LogP contribution >= 0.6 is 0 Å². The largest absolute Gasteiger partial charge is 0.329 e. The predicted molar refractivity (Wildman–Crippen MR) is 73.9 cm³/mol. The van der Waals surface area contributed by atoms with E-state index in [2.05, 4.69) is 5.32 Å². The number of hydrogen-bond acceptors (Lipinski definition) is 4. The molecule has 104 valence electrons. The van der Waals surface area contributed by atoms with Crippen LogP contribution < -0.4 is 11.1 Å². The Bertz CT molecular complexity index is 496. The molecule has 1 atom stereocenters. The topological polar surface area (TPSA) is 98.3 Å². The molecule has 0 bridgehead atoms. The third kappa shape index (κ3) is 3.29. The van der Waals surface area contributed by atoms with E-state index in [4.69, 9.17) is 5.73 Å². The minimum atomic E-state index is -0.629. The zero-order chi connectivity index (χ0) is 14.6. The number of aryl methyl sites for hydroxylation is 1. The van der Waals surface area contributed by atoms with E-state index in [0.717, 1.165) is 0 Å². The number of nitrogens with zero attached hydrogens (tertiary/aromatic N) is 1. The van der Waals surface area contributed by atoms with Crippen LogP contribution in [0.15, 0.2) is 18.2 Å². The molecule has 0 heterocycles. The third-order valence-electron chi connectivity index (χ3n) is 3.43. The summed E-state index contributed by atoms with van der Waals surface area (Å²) in [7, 11) is 0. The number of hydrogen-bond donors (Lipinski definition) is 2. The lowest BCUT2D eigenvalue weighted by atomic mass is 9.86. The maximum Gasteiger partial charge on any atom is 0.272 e. The van der Waals surface area contributed by atoms with Crippen molar-refractivity contribution in [3.05, 3.63) is 33.9 Å². The number of amides is 1. The van der Waals surface area contributed by atoms with Crippen molar-refractivity contribution in [2.24, 2.45) is 11.1 Å². The van der Waals surface area contributed by atoms with Gasteiger partial charge in [0.1, 0.15) is 0 Å². The summed E-state index contributed by atoms with van der Waals surface area (Å²) in [5.41, 5.74) is 6.07. The van der Waals surface area contributed by atoms with Crippen LogP contribution in [0.2, 0.25) is 0 Å². The Morgan fingerprint density at radius 2 is 2.16 bits per heavy atom. The summed E-state index contributed by atoms with van der Waals surface area (Å²) in [6.45, 7) is 5.57. The molecule has 1 unspecified atom stereocenters. The van der Waals surface area contributed by atoms with E-state index in [1.54, 1.807) is 19.9 Å². The van der Waals surface area contributed by atoms with Crippen molar-refractivity contribution in [1.82, 2.24) is 0 Å². The van der Waals surface area contributed by atoms with E-state index >= 15 is 0 Å². The average molecular weight is 265 g/mol. The molecule has 1 aromatic carbocycles. The molecule has 0 fully saturated rings. The summed E-state index contributed by atoms with van der Waals surface area (Å²) in [6.07, 6.45) is 0.626. The Morgan fingerprint density at radius 3 is 2.58 bits per heavy atom. The van der Waals surface area contributed by atoms with E-state index in [-0.39, 0.29) is 18.1 Å². The van der Waals surface area contributed by atoms with E-state index < -0.39 is 10.3 Å². The molecule has 0 saturated heterocycles. The molecule has 0 saturated carbocycles. The summed E-state index contributed by atoms with van der Waals surface area (Å²) in [5.74, 6) is -0.175. The molecular weight excluding hydrogens is 246 g/mol. The second-order valence-electron chi connectivity index (χ2n) is 4.83. The van der Waals surface area contributed by atoms with E-state index in [1.807, 2.05) is 6.92 Å². The van der Waals surface area contributed by atoms with Crippen molar-refractivity contribution in [3.63, 3.8) is 0 Å². The minimum absolute atomic E-state index is 0.0371. The van der Waals surface area contributed by atoms with Gasteiger partial charge >= 0.3 is 0 Å². The monoisotopic (exact) mass is 265 g/mol. The van der Waals surface area contributed by atoms with Crippen molar-refractivity contribution in [2.75, 3.05) is 11.9 Å². The van der Waals surface area contributed by atoms with Crippen molar-refractivity contribution >= 4 is 17.3 Å². The Hall–Kier alpha value is -1.95. The van der Waals surface area contributed by atoms with E-state index in [9.17, 15) is 14.9 Å². The lowest BCUT2D eigenvalue weighted by molar-refractivity contribution is -0.385. The molecule has 0 radical (unpaired) electrons. The molecule has 0 aliphatic rings. The minimum Gasteiger partial charge on any atom is -0.329 e. The first-order valence-electron chi connectivity index (χ1n) is 6.10. The second-order valence-corrected chi connectivity index (χ2v) is 4.83. The summed E-state index contributed by atoms with van der Waals surface area (Å²) in [4.78, 5) is 22.4. The summed E-state index contributed by atoms with van der Waals surface area (Å²) < 4.78 is 0. The number of nitro groups is 1. The number of carbonyl (C=O) groups excluding carboxylic acids is 1. The van der Waals surface area contributed by atoms with Gasteiger partial charge in [-0.1, -0.05) is 6.92 Å². The quantitative estimate of drug-likeness (QED) is 0.630. The fourth-order valence-electron chi connectivity index (χ4n) is 1.62. The summed E-state index contributed by atoms with van der Waals surface area (Å²) >= 11 is 0. The molecule has 1 aromatic rings. The zero-order valence-electron chi connectivity index (χ0n) is 11.4. The van der Waals surface area contributed by atoms with Crippen molar-refractivity contribution in [2.45, 2.75) is 27.2 Å². The lowest BCUT2D eigenvalue weighted by Crippen LogP contribution is -2.39. The van der Waals surface area contributed by atoms with Crippen LogP contribution in [0.5, 0.6) is 0 Å². The maximum atomic E-state index is 12.1. The number of nitro benzene ring substituents is 1. The second kappa shape index (κ2) is 5.79. The van der Waals surface area contributed by atoms with Crippen LogP contribution in [0.1, 0.15) is 25.8 Å². The van der Waals surface area contributed by atoms with E-state index in [1.165, 1.54) is 12.1 Å². The molecule has 0 spiro atoms. The number of nitrogens with two attached hydrogens (primary N) is 1. The predicted octanol–water partition coefficient (Wildman–Crippen LogP) is 2.22. The Kier molecular flexibility index (Phi) is 4.61. The molecule has 0 aliphatic heterocycles. The third-order valence-corrected chi connectivity index (χ3v) is 3.43. The number of rotatable bonds is 5. The highest BCUT2D eigenvalue weighted by molar-refractivity contribution is 5.95. The van der Waals surface area contributed by atoms with Crippen LogP contribution in [0.3, 0.4) is 0 Å². The molecule has 6 heteroatoms. The van der Waals surface area contributed by atoms with Gasteiger partial charge in [-0.15, -0.1) is 0 Å². The highest BCUT2D eigenvalue weighted by Crippen LogP contribution is 2.25. The molecule has 19 heavy (non-hydrogen) atoms. The molecule has 3 N–H and O–H groups in total. The summed E-state index contributed by atoms with van der Waals surface area (Å²) in [5, 5.41) is 13.5. The fourth-order valence-corrected chi connectivity index (χ4v) is 1.62. The van der Waals surface area contributed by atoms with Gasteiger partial charge in [0.2, 0.25) is 5.91 Å². The normalized spacial score (nSPS) is 13.7. The molecular formula is C13H19N3O3. The van der Waals surface area contributed by atoms with Gasteiger partial charge in [-0.2, -0.15) is 0 Å². The lowest BCUT2D eigenvalue weighted by Gasteiger charge is -2.25. The van der Waals surface area contributed by atoms with Gasteiger partial charge in [-0.05, 0) is 32.4 Å². The van der Waals surface area contributed by atoms with Crippen molar-refractivity contribution < 1.29 is 9.72 Å². The first kappa shape index (κ1) is 15.1.